The summed E-state index contributed by atoms with van der Waals surface area (Å²) in [6.07, 6.45) is 16.8. The molecule has 4 heterocycles. The summed E-state index contributed by atoms with van der Waals surface area (Å²) in [5.41, 5.74) is 12.7. The van der Waals surface area contributed by atoms with Crippen molar-refractivity contribution in [1.29, 1.82) is 0 Å². The third-order valence-corrected chi connectivity index (χ3v) is 8.79. The maximum Gasteiger partial charge on any atom is 0.0958 e. The van der Waals surface area contributed by atoms with Gasteiger partial charge in [0.1, 0.15) is 0 Å². The van der Waals surface area contributed by atoms with Gasteiger partial charge in [0, 0.05) is 47.5 Å². The van der Waals surface area contributed by atoms with Crippen LogP contribution in [0, 0.1) is 5.92 Å². The lowest BCUT2D eigenvalue weighted by Crippen LogP contribution is -2.33. The Hall–Kier alpha value is -4.70. The van der Waals surface area contributed by atoms with Crippen LogP contribution in [0.25, 0.3) is 33.8 Å². The average molecular weight is 521 g/mol. The van der Waals surface area contributed by atoms with Crippen LogP contribution in [0.4, 0.5) is 11.4 Å². The smallest absolute Gasteiger partial charge is 0.0958 e. The van der Waals surface area contributed by atoms with Crippen LogP contribution in [-0.2, 0) is 0 Å². The zero-order chi connectivity index (χ0) is 26.8. The van der Waals surface area contributed by atoms with Crippen molar-refractivity contribution in [3.8, 4) is 16.8 Å². The lowest BCUT2D eigenvalue weighted by molar-refractivity contribution is 0.412. The van der Waals surface area contributed by atoms with E-state index in [-0.39, 0.29) is 6.04 Å². The van der Waals surface area contributed by atoms with Crippen molar-refractivity contribution < 1.29 is 0 Å². The molecule has 0 saturated heterocycles. The molecule has 0 bridgehead atoms. The van der Waals surface area contributed by atoms with Crippen LogP contribution in [0.3, 0.4) is 0 Å². The second-order valence-corrected chi connectivity index (χ2v) is 11.2. The van der Waals surface area contributed by atoms with Crippen LogP contribution in [0.1, 0.15) is 19.0 Å². The molecule has 0 spiro atoms. The number of fused-ring (bicyclic) bond motifs is 5. The minimum atomic E-state index is 0.284. The van der Waals surface area contributed by atoms with Crippen LogP contribution in [-0.4, -0.2) is 29.1 Å². The van der Waals surface area contributed by atoms with Crippen molar-refractivity contribution in [2.75, 3.05) is 23.8 Å². The first-order valence-corrected chi connectivity index (χ1v) is 14.2. The molecule has 0 radical (unpaired) electrons. The number of para-hydroxylation sites is 1. The van der Waals surface area contributed by atoms with Crippen molar-refractivity contribution >= 4 is 28.4 Å². The Morgan fingerprint density at radius 3 is 2.38 bits per heavy atom. The molecule has 4 nitrogen and oxygen atoms in total. The number of anilines is 2. The maximum absolute atomic E-state index is 3.57. The van der Waals surface area contributed by atoms with Gasteiger partial charge in [-0.25, -0.2) is 0 Å². The van der Waals surface area contributed by atoms with E-state index in [9.17, 15) is 0 Å². The lowest BCUT2D eigenvalue weighted by Gasteiger charge is -2.32. The number of aromatic nitrogens is 1. The summed E-state index contributed by atoms with van der Waals surface area (Å²) >= 11 is 0. The zero-order valence-corrected chi connectivity index (χ0v) is 22.9. The molecule has 2 atom stereocenters. The fourth-order valence-corrected chi connectivity index (χ4v) is 6.95. The summed E-state index contributed by atoms with van der Waals surface area (Å²) in [6.45, 7) is 3.22. The summed E-state index contributed by atoms with van der Waals surface area (Å²) in [7, 11) is 2.18. The molecule has 4 aromatic rings. The van der Waals surface area contributed by atoms with Gasteiger partial charge in [-0.3, -0.25) is 0 Å². The number of nitrogens with zero attached hydrogens (tertiary/aromatic N) is 3. The van der Waals surface area contributed by atoms with Gasteiger partial charge in [0.05, 0.1) is 28.6 Å². The monoisotopic (exact) mass is 520 g/mol. The van der Waals surface area contributed by atoms with Gasteiger partial charge in [0.2, 0.25) is 0 Å². The number of benzene rings is 3. The van der Waals surface area contributed by atoms with Crippen LogP contribution >= 0.6 is 0 Å². The van der Waals surface area contributed by atoms with Crippen LogP contribution in [0.15, 0.2) is 126 Å². The highest BCUT2D eigenvalue weighted by Crippen LogP contribution is 2.46. The Balaban J connectivity index is 1.14. The van der Waals surface area contributed by atoms with Crippen molar-refractivity contribution in [3.05, 3.63) is 132 Å². The molecule has 4 aliphatic rings. The largest absolute Gasteiger partial charge is 0.379 e. The van der Waals surface area contributed by atoms with E-state index in [1.54, 1.807) is 0 Å². The van der Waals surface area contributed by atoms with Crippen molar-refractivity contribution in [2.24, 2.45) is 5.92 Å². The van der Waals surface area contributed by atoms with Crippen molar-refractivity contribution in [2.45, 2.75) is 19.4 Å². The molecule has 2 unspecified atom stereocenters. The van der Waals surface area contributed by atoms with Gasteiger partial charge < -0.3 is 19.7 Å². The van der Waals surface area contributed by atoms with Gasteiger partial charge in [-0.1, -0.05) is 67.6 Å². The van der Waals surface area contributed by atoms with Crippen LogP contribution < -0.4 is 10.2 Å². The van der Waals surface area contributed by atoms with E-state index in [1.165, 1.54) is 61.8 Å². The molecule has 1 aromatic heterocycles. The Kier molecular flexibility index (Phi) is 5.18. The number of hydrogen-bond acceptors (Lipinski definition) is 3. The predicted octanol–water partition coefficient (Wildman–Crippen LogP) is 8.12. The second-order valence-electron chi connectivity index (χ2n) is 11.2. The summed E-state index contributed by atoms with van der Waals surface area (Å²) in [5.74, 6) is 0.493. The zero-order valence-electron chi connectivity index (χ0n) is 22.9. The predicted molar refractivity (Wildman–Crippen MR) is 167 cm³/mol. The third kappa shape index (κ3) is 3.39. The summed E-state index contributed by atoms with van der Waals surface area (Å²) in [5, 5.41) is 4.84. The van der Waals surface area contributed by atoms with E-state index in [1.807, 2.05) is 0 Å². The van der Waals surface area contributed by atoms with Gasteiger partial charge in [0.15, 0.2) is 0 Å². The summed E-state index contributed by atoms with van der Waals surface area (Å²) in [4.78, 5) is 4.84. The number of hydrogen-bond donors (Lipinski definition) is 1. The van der Waals surface area contributed by atoms with E-state index >= 15 is 0 Å². The molecule has 8 rings (SSSR count). The molecule has 3 aromatic carbocycles. The Morgan fingerprint density at radius 2 is 1.57 bits per heavy atom. The molecular weight excluding hydrogens is 488 g/mol. The van der Waals surface area contributed by atoms with E-state index in [4.69, 9.17) is 0 Å². The fourth-order valence-electron chi connectivity index (χ4n) is 6.95. The second kappa shape index (κ2) is 8.92. The standard InChI is InChI=1S/C36H32N4/c1-24-8-5-10-30-35(24)40(33-13-7-23-38(2)36(30)33)28-20-16-26(17-21-28)25-14-18-27(19-15-25)39-31-11-4-3-9-29(31)34-32(39)12-6-22-37-34/h3-7,9-21,23-24,36-37H,8,22H2,1-2H3. The van der Waals surface area contributed by atoms with Gasteiger partial charge in [-0.2, -0.15) is 0 Å². The first kappa shape index (κ1) is 23.2. The van der Waals surface area contributed by atoms with E-state index in [0.29, 0.717) is 5.92 Å². The third-order valence-electron chi connectivity index (χ3n) is 8.79. The Bertz CT molecular complexity index is 1790. The highest BCUT2D eigenvalue weighted by atomic mass is 15.3. The topological polar surface area (TPSA) is 23.4 Å². The summed E-state index contributed by atoms with van der Waals surface area (Å²) < 4.78 is 2.36. The number of allylic oxidation sites excluding steroid dienone is 4. The minimum Gasteiger partial charge on any atom is -0.379 e. The molecule has 0 fully saturated rings. The average Bonchev–Trinajstić information content (AvgIpc) is 3.52. The van der Waals surface area contributed by atoms with Crippen molar-refractivity contribution in [3.63, 3.8) is 0 Å². The summed E-state index contributed by atoms with van der Waals surface area (Å²) in [6, 6.07) is 27.0. The molecule has 1 N–H and O–H groups in total. The number of rotatable bonds is 3. The number of nitrogens with one attached hydrogen (secondary N) is 1. The van der Waals surface area contributed by atoms with Crippen molar-refractivity contribution in [1.82, 2.24) is 9.47 Å². The molecule has 196 valence electrons. The highest BCUT2D eigenvalue weighted by Gasteiger charge is 2.41. The van der Waals surface area contributed by atoms with E-state index in [2.05, 4.69) is 149 Å². The molecule has 0 saturated carbocycles. The SMILES string of the molecule is CC1CC=CC2=C1N(c1ccc(-c3ccc(-n4c5c(c6ccccc64)NCC=C5)cc3)cc1)C1=CC=CN(C)C12. The quantitative estimate of drug-likeness (QED) is 0.295. The van der Waals surface area contributed by atoms with Gasteiger partial charge >= 0.3 is 0 Å². The maximum atomic E-state index is 3.57. The highest BCUT2D eigenvalue weighted by molar-refractivity contribution is 6.00. The fraction of sp³-hybridized carbons (Fsp3) is 0.167. The minimum absolute atomic E-state index is 0.284. The van der Waals surface area contributed by atoms with Gasteiger partial charge in [-0.15, -0.1) is 0 Å². The molecule has 4 heteroatoms. The first-order valence-electron chi connectivity index (χ1n) is 14.2. The van der Waals surface area contributed by atoms with Gasteiger partial charge in [-0.05, 0) is 72.3 Å². The molecule has 0 amide bonds. The molecule has 3 aliphatic heterocycles. The first-order chi connectivity index (χ1) is 19.7. The van der Waals surface area contributed by atoms with Crippen LogP contribution in [0.5, 0.6) is 0 Å². The van der Waals surface area contributed by atoms with Crippen LogP contribution in [0.2, 0.25) is 0 Å². The lowest BCUT2D eigenvalue weighted by atomic mass is 9.91. The normalized spacial score (nSPS) is 20.9. The number of likely N-dealkylation sites (N-methyl/N-ethyl adjacent to an activating group) is 1. The Morgan fingerprint density at radius 1 is 0.825 bits per heavy atom. The van der Waals surface area contributed by atoms with Gasteiger partial charge in [0.25, 0.3) is 0 Å². The molecule has 1 aliphatic carbocycles. The molecular formula is C36H32N4. The molecule has 40 heavy (non-hydrogen) atoms. The van der Waals surface area contributed by atoms with E-state index in [0.717, 1.165) is 13.0 Å². The Labute approximate surface area is 235 Å². The van der Waals surface area contributed by atoms with E-state index < -0.39 is 0 Å².